The molecule has 0 saturated heterocycles. The number of rotatable bonds is 42. The van der Waals surface area contributed by atoms with Crippen LogP contribution in [0.4, 0.5) is 9.59 Å². The van der Waals surface area contributed by atoms with Crippen LogP contribution in [0.5, 0.6) is 11.5 Å². The highest BCUT2D eigenvalue weighted by Gasteiger charge is 2.35. The number of guanidine groups is 2. The maximum absolute atomic E-state index is 14.5. The molecular weight excluding hydrogens is 1470 g/mol. The normalized spacial score (nSPS) is 13.1. The number of nitrogens with one attached hydrogen (secondary N) is 6. The molecular formula is C76H119Cl3N16O14. The van der Waals surface area contributed by atoms with E-state index in [9.17, 15) is 58.2 Å². The first kappa shape index (κ1) is 99.5. The maximum Gasteiger partial charge on any atom is 0.408 e. The number of primary amides is 2. The predicted octanol–water partition coefficient (Wildman–Crippen LogP) is 5.07. The molecule has 0 aromatic heterocycles. The number of Topliss-reactive ketones (excluding diaryl/α,β-unsaturated/α-hetero) is 2. The summed E-state index contributed by atoms with van der Waals surface area (Å²) in [7, 11) is 0. The zero-order valence-electron chi connectivity index (χ0n) is 64.4. The van der Waals surface area contributed by atoms with Gasteiger partial charge in [-0.1, -0.05) is 60.7 Å². The van der Waals surface area contributed by atoms with E-state index in [-0.39, 0.29) is 137 Å². The molecule has 0 saturated carbocycles. The van der Waals surface area contributed by atoms with Crippen LogP contribution in [-0.4, -0.2) is 155 Å². The Kier molecular flexibility index (Phi) is 45.9. The highest BCUT2D eigenvalue weighted by atomic mass is 35.5. The van der Waals surface area contributed by atoms with E-state index >= 15 is 0 Å². The maximum atomic E-state index is 14.5. The molecule has 109 heavy (non-hydrogen) atoms. The molecule has 4 aromatic carbocycles. The van der Waals surface area contributed by atoms with Crippen LogP contribution in [0.2, 0.25) is 0 Å². The molecule has 0 bridgehead atoms. The van der Waals surface area contributed by atoms with Crippen LogP contribution in [0, 0.1) is 39.5 Å². The van der Waals surface area contributed by atoms with E-state index in [0.717, 1.165) is 27.8 Å². The fraction of sp³-hybridized carbons (Fsp3) is 0.526. The molecule has 0 fully saturated rings. The third-order valence-electron chi connectivity index (χ3n) is 17.0. The summed E-state index contributed by atoms with van der Waals surface area (Å²) in [5.41, 5.74) is 49.3. The van der Waals surface area contributed by atoms with Crippen molar-refractivity contribution < 1.29 is 67.6 Å². The summed E-state index contributed by atoms with van der Waals surface area (Å²) in [6, 6.07) is 18.2. The minimum Gasteiger partial charge on any atom is -0.508 e. The molecule has 8 atom stereocenters. The second-order valence-electron chi connectivity index (χ2n) is 28.6. The minimum atomic E-state index is -1.19. The molecule has 0 spiro atoms. The summed E-state index contributed by atoms with van der Waals surface area (Å²) in [5.74, 6) is -6.68. The number of phenols is 2. The number of hydrogen-bond acceptors (Lipinski definition) is 18. The summed E-state index contributed by atoms with van der Waals surface area (Å²) < 4.78 is 10.7. The molecule has 0 heterocycles. The van der Waals surface area contributed by atoms with Crippen LogP contribution in [0.1, 0.15) is 163 Å². The number of alkyl carbamates (subject to hydrolysis) is 2. The second kappa shape index (κ2) is 50.3. The molecule has 4 aromatic rings. The summed E-state index contributed by atoms with van der Waals surface area (Å²) in [5, 5.41) is 36.7. The molecule has 0 radical (unpaired) electrons. The highest BCUT2D eigenvalue weighted by molar-refractivity contribution is 5.96. The molecule has 24 N–H and O–H groups in total. The Morgan fingerprint density at radius 1 is 0.440 bits per heavy atom. The molecule has 0 aliphatic heterocycles. The van der Waals surface area contributed by atoms with E-state index in [4.69, 9.17) is 55.3 Å². The monoisotopic (exact) mass is 1580 g/mol. The Labute approximate surface area is 658 Å². The van der Waals surface area contributed by atoms with Gasteiger partial charge in [-0.3, -0.25) is 48.3 Å². The largest absolute Gasteiger partial charge is 0.508 e. The topological polar surface area (TPSA) is 535 Å². The van der Waals surface area contributed by atoms with Crippen LogP contribution in [0.25, 0.3) is 0 Å². The van der Waals surface area contributed by atoms with Gasteiger partial charge in [-0.15, -0.1) is 37.2 Å². The first-order chi connectivity index (χ1) is 49.7. The van der Waals surface area contributed by atoms with Crippen LogP contribution >= 0.6 is 37.2 Å². The van der Waals surface area contributed by atoms with E-state index in [1.165, 1.54) is 0 Å². The van der Waals surface area contributed by atoms with Crippen LogP contribution in [-0.2, 0) is 73.5 Å². The van der Waals surface area contributed by atoms with Crippen molar-refractivity contribution in [3.05, 3.63) is 129 Å². The van der Waals surface area contributed by atoms with Gasteiger partial charge < -0.3 is 97.5 Å². The molecule has 0 aliphatic rings. The summed E-state index contributed by atoms with van der Waals surface area (Å²) >= 11 is 0. The fourth-order valence-electron chi connectivity index (χ4n) is 11.6. The third kappa shape index (κ3) is 40.0. The van der Waals surface area contributed by atoms with Crippen molar-refractivity contribution in [1.29, 1.82) is 0 Å². The molecule has 33 heteroatoms. The van der Waals surface area contributed by atoms with Gasteiger partial charge in [0.25, 0.3) is 0 Å². The number of nitrogens with two attached hydrogens (primary N) is 8. The Hall–Kier alpha value is -9.49. The van der Waals surface area contributed by atoms with E-state index < -0.39 is 113 Å². The lowest BCUT2D eigenvalue weighted by molar-refractivity contribution is -0.134. The molecule has 608 valence electrons. The summed E-state index contributed by atoms with van der Waals surface area (Å²) in [6.45, 7) is 18.6. The predicted molar refractivity (Wildman–Crippen MR) is 429 cm³/mol. The van der Waals surface area contributed by atoms with Crippen LogP contribution in [0.3, 0.4) is 0 Å². The number of hydrogen-bond donors (Lipinski definition) is 16. The van der Waals surface area contributed by atoms with Gasteiger partial charge in [-0.05, 0) is 222 Å². The average Bonchev–Trinajstić information content (AvgIpc) is 0.831. The SMILES string of the molecule is Cc1cc(O)cc(C)c1C[C@H](CC(=O)[C@@H](CCCN=C(N)N)NC(=O)OC(C)(C)C)C(=O)N[C@@H](CCCCNC(=O)OC(C)(C)C)C(=O)NC(Cc1ccccc1)C(N)=O.Cc1cc(O)cc(C)c1C[C@H](CC(=O)[C@H](N)CCCN=C(N)N)C(=O)N[C@@H](CCCCN)C(=O)NC(Cc1ccccc1)C(N)=O.Cl.Cl.Cl. The van der Waals surface area contributed by atoms with Gasteiger partial charge in [-0.25, -0.2) is 9.59 Å². The van der Waals surface area contributed by atoms with Gasteiger partial charge >= 0.3 is 12.2 Å². The van der Waals surface area contributed by atoms with Crippen LogP contribution in [0.15, 0.2) is 94.9 Å². The number of ketones is 2. The lowest BCUT2D eigenvalue weighted by atomic mass is 9.86. The Bertz CT molecular complexity index is 3580. The number of unbranched alkanes of at least 4 members (excludes halogenated alkanes) is 2. The smallest absolute Gasteiger partial charge is 0.408 e. The molecule has 30 nitrogen and oxygen atoms in total. The number of aryl methyl sites for hydroxylation is 4. The number of carbonyl (C=O) groups excluding carboxylic acids is 10. The summed E-state index contributed by atoms with van der Waals surface area (Å²) in [6.07, 6.45) is 2.04. The van der Waals surface area contributed by atoms with E-state index in [0.29, 0.717) is 74.7 Å². The second-order valence-corrected chi connectivity index (χ2v) is 28.6. The number of phenolic OH excluding ortho intramolecular Hbond substituents is 2. The van der Waals surface area contributed by atoms with Gasteiger partial charge in [0.1, 0.15) is 52.7 Å². The van der Waals surface area contributed by atoms with Gasteiger partial charge in [0.15, 0.2) is 17.7 Å². The van der Waals surface area contributed by atoms with Gasteiger partial charge in [0.2, 0.25) is 35.4 Å². The number of aromatic hydroxyl groups is 2. The first-order valence-corrected chi connectivity index (χ1v) is 35.8. The van der Waals surface area contributed by atoms with E-state index in [1.54, 1.807) is 104 Å². The molecule has 2 unspecified atom stereocenters. The Morgan fingerprint density at radius 2 is 0.798 bits per heavy atom. The van der Waals surface area contributed by atoms with E-state index in [1.807, 2.05) is 50.2 Å². The first-order valence-electron chi connectivity index (χ1n) is 35.8. The third-order valence-corrected chi connectivity index (χ3v) is 17.0. The lowest BCUT2D eigenvalue weighted by Gasteiger charge is -2.27. The van der Waals surface area contributed by atoms with Crippen molar-refractivity contribution in [3.8, 4) is 11.5 Å². The number of benzene rings is 4. The lowest BCUT2D eigenvalue weighted by Crippen LogP contribution is -2.54. The number of halogens is 3. The zero-order chi connectivity index (χ0) is 79.4. The van der Waals surface area contributed by atoms with E-state index in [2.05, 4.69) is 41.9 Å². The van der Waals surface area contributed by atoms with Crippen molar-refractivity contribution in [2.75, 3.05) is 26.2 Å². The van der Waals surface area contributed by atoms with Gasteiger partial charge in [0, 0.05) is 57.2 Å². The number of amides is 8. The molecule has 0 aliphatic carbocycles. The zero-order valence-corrected chi connectivity index (χ0v) is 66.8. The number of carbonyl (C=O) groups is 10. The molecule has 8 amide bonds. The van der Waals surface area contributed by atoms with Crippen LogP contribution < -0.4 is 77.8 Å². The van der Waals surface area contributed by atoms with Crippen molar-refractivity contribution in [2.24, 2.45) is 67.7 Å². The van der Waals surface area contributed by atoms with Crippen molar-refractivity contribution in [3.63, 3.8) is 0 Å². The number of nitrogens with zero attached hydrogens (tertiary/aromatic N) is 2. The fourth-order valence-corrected chi connectivity index (χ4v) is 11.6. The standard InChI is InChI=1S/C43H66N8O9.C33H50N8O5.3ClH/c1-26-21-30(52)22-27(2)31(26)24-29(25-35(53)32(18-14-20-47-39(45)46)51-41(58)60-43(6,7)8)37(55)49-33(17-12-13-19-48-40(57)59-42(3,4)5)38(56)50-34(36(44)54)23-28-15-10-9-11-16-28;1-20-15-24(42)16-21(2)25(20)18-23(19-29(43)26(35)11-8-14-39-33(37)38)31(45)40-27(12-6-7-13-34)32(46)41-28(30(36)44)17-22-9-4-3-5-10-22;;;/h9-11,15-16,21-22,29,32-34,52H,12-14,17-20,23-25H2,1-8H3,(H2,44,54)(H,48,57)(H,49,55)(H,50,56)(H,51,58)(H4,45,46,47);3-5,9-10,15-16,23,26-28,42H,6-8,11-14,17-19,34-35H2,1-2H3,(H2,36,44)(H,40,45)(H,41,46)(H4,37,38,39);3*1H/t29-,32-,33+,34?;23-,26-,27+,28?;;;/m11.../s1. The Balaban J connectivity index is 0.00000215. The number of ether oxygens (including phenoxy) is 2. The van der Waals surface area contributed by atoms with Gasteiger partial charge in [0.05, 0.1) is 12.1 Å². The molecule has 4 rings (SSSR count). The van der Waals surface area contributed by atoms with Crippen molar-refractivity contribution >= 4 is 108 Å². The average molecular weight is 1590 g/mol. The number of aliphatic imine (C=N–C) groups is 2. The van der Waals surface area contributed by atoms with Crippen molar-refractivity contribution in [1.82, 2.24) is 31.9 Å². The quantitative estimate of drug-likeness (QED) is 0.0156. The summed E-state index contributed by atoms with van der Waals surface area (Å²) in [4.78, 5) is 141. The van der Waals surface area contributed by atoms with Gasteiger partial charge in [-0.2, -0.15) is 0 Å². The van der Waals surface area contributed by atoms with Crippen molar-refractivity contribution in [2.45, 2.75) is 219 Å². The minimum absolute atomic E-state index is 0. The Morgan fingerprint density at radius 3 is 1.17 bits per heavy atom. The highest BCUT2D eigenvalue weighted by Crippen LogP contribution is 2.28.